The summed E-state index contributed by atoms with van der Waals surface area (Å²) in [7, 11) is 3.47. The topological polar surface area (TPSA) is 34.1 Å². The smallest absolute Gasteiger partial charge is 0.146 e. The molecule has 1 aromatic heterocycles. The lowest BCUT2D eigenvalue weighted by molar-refractivity contribution is 0.0619. The van der Waals surface area contributed by atoms with Crippen LogP contribution in [0.2, 0.25) is 0 Å². The number of methoxy groups -OCH3 is 1. The number of likely N-dealkylation sites (N-methyl/N-ethyl adjacent to an activating group) is 1. The number of nitrogens with zero attached hydrogens (tertiary/aromatic N) is 1. The summed E-state index contributed by atoms with van der Waals surface area (Å²) in [6.45, 7) is 2.08. The maximum absolute atomic E-state index is 13.6. The first-order valence-electron chi connectivity index (χ1n) is 5.54. The summed E-state index contributed by atoms with van der Waals surface area (Å²) >= 11 is 0. The zero-order valence-corrected chi connectivity index (χ0v) is 10.0. The minimum absolute atomic E-state index is 0.0214. The summed E-state index contributed by atoms with van der Waals surface area (Å²) in [6, 6.07) is 1.56. The van der Waals surface area contributed by atoms with E-state index in [0.717, 1.165) is 12.8 Å². The number of hydrogen-bond donors (Lipinski definition) is 1. The van der Waals surface area contributed by atoms with Crippen LogP contribution in [0.25, 0.3) is 0 Å². The lowest BCUT2D eigenvalue weighted by Crippen LogP contribution is -2.31. The van der Waals surface area contributed by atoms with Crippen molar-refractivity contribution in [2.45, 2.75) is 31.9 Å². The number of nitrogens with one attached hydrogen (secondary N) is 1. The van der Waals surface area contributed by atoms with Crippen molar-refractivity contribution >= 4 is 0 Å². The highest BCUT2D eigenvalue weighted by Gasteiger charge is 2.23. The molecule has 0 amide bonds. The van der Waals surface area contributed by atoms with E-state index in [4.69, 9.17) is 4.74 Å². The summed E-state index contributed by atoms with van der Waals surface area (Å²) in [5.41, 5.74) is 0.609. The van der Waals surface area contributed by atoms with Crippen molar-refractivity contribution in [1.82, 2.24) is 10.3 Å². The summed E-state index contributed by atoms with van der Waals surface area (Å²) in [6.07, 6.45) is 4.71. The molecule has 0 saturated heterocycles. The van der Waals surface area contributed by atoms with Crippen molar-refractivity contribution in [2.75, 3.05) is 14.2 Å². The molecule has 1 aromatic rings. The van der Waals surface area contributed by atoms with E-state index in [1.54, 1.807) is 19.4 Å². The molecule has 0 fully saturated rings. The van der Waals surface area contributed by atoms with Gasteiger partial charge in [0.2, 0.25) is 0 Å². The van der Waals surface area contributed by atoms with Crippen molar-refractivity contribution < 1.29 is 9.13 Å². The molecule has 0 saturated carbocycles. The molecule has 0 aliphatic rings. The van der Waals surface area contributed by atoms with Gasteiger partial charge >= 0.3 is 0 Å². The van der Waals surface area contributed by atoms with E-state index in [2.05, 4.69) is 17.2 Å². The fourth-order valence-corrected chi connectivity index (χ4v) is 1.88. The molecule has 0 radical (unpaired) electrons. The summed E-state index contributed by atoms with van der Waals surface area (Å²) in [4.78, 5) is 3.75. The highest BCUT2D eigenvalue weighted by molar-refractivity contribution is 5.18. The molecule has 4 heteroatoms. The SMILES string of the molecule is CCCC(OC)C(NC)c1ccncc1F. The number of halogens is 1. The van der Waals surface area contributed by atoms with Crippen LogP contribution in [0.15, 0.2) is 18.5 Å². The van der Waals surface area contributed by atoms with Gasteiger partial charge in [-0.15, -0.1) is 0 Å². The van der Waals surface area contributed by atoms with Gasteiger partial charge in [0.15, 0.2) is 0 Å². The van der Waals surface area contributed by atoms with Crippen LogP contribution in [0.1, 0.15) is 31.4 Å². The van der Waals surface area contributed by atoms with Gasteiger partial charge in [-0.1, -0.05) is 13.3 Å². The maximum atomic E-state index is 13.6. The van der Waals surface area contributed by atoms with Gasteiger partial charge in [0, 0.05) is 18.9 Å². The van der Waals surface area contributed by atoms with Crippen LogP contribution in [0.4, 0.5) is 4.39 Å². The minimum Gasteiger partial charge on any atom is -0.379 e. The molecule has 0 aliphatic carbocycles. The molecule has 0 bridgehead atoms. The highest BCUT2D eigenvalue weighted by Crippen LogP contribution is 2.23. The third-order valence-electron chi connectivity index (χ3n) is 2.70. The summed E-state index contributed by atoms with van der Waals surface area (Å²) < 4.78 is 19.0. The maximum Gasteiger partial charge on any atom is 0.146 e. The fourth-order valence-electron chi connectivity index (χ4n) is 1.88. The van der Waals surface area contributed by atoms with E-state index in [9.17, 15) is 4.39 Å². The quantitative estimate of drug-likeness (QED) is 0.808. The molecule has 16 heavy (non-hydrogen) atoms. The second kappa shape index (κ2) is 6.55. The molecule has 1 heterocycles. The second-order valence-electron chi connectivity index (χ2n) is 3.73. The van der Waals surface area contributed by atoms with Crippen LogP contribution in [0.3, 0.4) is 0 Å². The normalized spacial score (nSPS) is 14.8. The minimum atomic E-state index is -0.292. The van der Waals surface area contributed by atoms with Crippen molar-refractivity contribution in [3.05, 3.63) is 29.8 Å². The highest BCUT2D eigenvalue weighted by atomic mass is 19.1. The van der Waals surface area contributed by atoms with E-state index in [0.29, 0.717) is 5.56 Å². The van der Waals surface area contributed by atoms with Crippen molar-refractivity contribution in [1.29, 1.82) is 0 Å². The number of rotatable bonds is 6. The molecular weight excluding hydrogens is 207 g/mol. The van der Waals surface area contributed by atoms with Crippen LogP contribution in [0.5, 0.6) is 0 Å². The third kappa shape index (κ3) is 3.00. The van der Waals surface area contributed by atoms with Gasteiger partial charge < -0.3 is 10.1 Å². The number of aromatic nitrogens is 1. The van der Waals surface area contributed by atoms with E-state index in [-0.39, 0.29) is 18.0 Å². The van der Waals surface area contributed by atoms with E-state index >= 15 is 0 Å². The van der Waals surface area contributed by atoms with E-state index in [1.807, 2.05) is 7.05 Å². The molecule has 1 N–H and O–H groups in total. The van der Waals surface area contributed by atoms with Gasteiger partial charge in [-0.2, -0.15) is 0 Å². The number of ether oxygens (including phenoxy) is 1. The van der Waals surface area contributed by atoms with Crippen molar-refractivity contribution in [3.8, 4) is 0 Å². The molecular formula is C12H19FN2O. The molecule has 0 aromatic carbocycles. The Hall–Kier alpha value is -1.00. The van der Waals surface area contributed by atoms with Crippen LogP contribution in [-0.2, 0) is 4.74 Å². The first-order valence-corrected chi connectivity index (χ1v) is 5.54. The fraction of sp³-hybridized carbons (Fsp3) is 0.583. The Labute approximate surface area is 96.0 Å². The van der Waals surface area contributed by atoms with Gasteiger partial charge in [0.25, 0.3) is 0 Å². The lowest BCUT2D eigenvalue weighted by atomic mass is 9.99. The molecule has 1 rings (SSSR count). The van der Waals surface area contributed by atoms with Crippen LogP contribution >= 0.6 is 0 Å². The third-order valence-corrected chi connectivity index (χ3v) is 2.70. The first kappa shape index (κ1) is 13.1. The Bertz CT molecular complexity index is 320. The Morgan fingerprint density at radius 3 is 2.81 bits per heavy atom. The first-order chi connectivity index (χ1) is 7.74. The van der Waals surface area contributed by atoms with Crippen molar-refractivity contribution in [3.63, 3.8) is 0 Å². The Balaban J connectivity index is 2.92. The largest absolute Gasteiger partial charge is 0.379 e. The summed E-state index contributed by atoms with van der Waals surface area (Å²) in [5.74, 6) is -0.292. The van der Waals surface area contributed by atoms with Gasteiger partial charge in [-0.3, -0.25) is 4.98 Å². The van der Waals surface area contributed by atoms with Gasteiger partial charge in [-0.25, -0.2) is 4.39 Å². The molecule has 90 valence electrons. The van der Waals surface area contributed by atoms with Crippen LogP contribution < -0.4 is 5.32 Å². The Morgan fingerprint density at radius 2 is 2.31 bits per heavy atom. The van der Waals surface area contributed by atoms with Gasteiger partial charge in [-0.05, 0) is 19.5 Å². The number of pyridine rings is 1. The zero-order valence-electron chi connectivity index (χ0n) is 10.0. The molecule has 3 nitrogen and oxygen atoms in total. The monoisotopic (exact) mass is 226 g/mol. The standard InChI is InChI=1S/C12H19FN2O/c1-4-5-11(16-3)12(14-2)9-6-7-15-8-10(9)13/h6-8,11-12,14H,4-5H2,1-3H3. The second-order valence-corrected chi connectivity index (χ2v) is 3.73. The zero-order chi connectivity index (χ0) is 12.0. The molecule has 2 atom stereocenters. The molecule has 0 aliphatic heterocycles. The van der Waals surface area contributed by atoms with Crippen LogP contribution in [0, 0.1) is 5.82 Å². The van der Waals surface area contributed by atoms with Crippen molar-refractivity contribution in [2.24, 2.45) is 0 Å². The number of hydrogen-bond acceptors (Lipinski definition) is 3. The van der Waals surface area contributed by atoms with Gasteiger partial charge in [0.05, 0.1) is 18.3 Å². The average Bonchev–Trinajstić information content (AvgIpc) is 2.31. The van der Waals surface area contributed by atoms with Gasteiger partial charge in [0.1, 0.15) is 5.82 Å². The Kier molecular flexibility index (Phi) is 5.35. The summed E-state index contributed by atoms with van der Waals surface area (Å²) in [5, 5.41) is 3.10. The predicted molar refractivity (Wildman–Crippen MR) is 61.7 cm³/mol. The average molecular weight is 226 g/mol. The Morgan fingerprint density at radius 1 is 1.56 bits per heavy atom. The molecule has 2 unspecified atom stereocenters. The lowest BCUT2D eigenvalue weighted by Gasteiger charge is -2.26. The van der Waals surface area contributed by atoms with Crippen LogP contribution in [-0.4, -0.2) is 25.2 Å². The van der Waals surface area contributed by atoms with E-state index in [1.165, 1.54) is 6.20 Å². The predicted octanol–water partition coefficient (Wildman–Crippen LogP) is 2.30. The van der Waals surface area contributed by atoms with E-state index < -0.39 is 0 Å². The molecule has 0 spiro atoms.